The maximum absolute atomic E-state index is 13.3. The highest BCUT2D eigenvalue weighted by atomic mass is 19.2. The molecule has 0 amide bonds. The third-order valence-electron chi connectivity index (χ3n) is 2.65. The highest BCUT2D eigenvalue weighted by Gasteiger charge is 2.44. The average Bonchev–Trinajstić information content (AvgIpc) is 2.94. The molecule has 2 nitrogen and oxygen atoms in total. The van der Waals surface area contributed by atoms with E-state index in [0.717, 1.165) is 6.07 Å². The fraction of sp³-hybridized carbons (Fsp3) is 0.400. The first-order chi connectivity index (χ1) is 6.99. The van der Waals surface area contributed by atoms with Crippen LogP contribution in [0.25, 0.3) is 0 Å². The van der Waals surface area contributed by atoms with Crippen LogP contribution in [0.4, 0.5) is 13.2 Å². The highest BCUT2D eigenvalue weighted by molar-refractivity contribution is 5.44. The predicted octanol–water partition coefficient (Wildman–Crippen LogP) is 2.06. The lowest BCUT2D eigenvalue weighted by atomic mass is 10.0. The van der Waals surface area contributed by atoms with Crippen molar-refractivity contribution in [1.29, 1.82) is 0 Å². The van der Waals surface area contributed by atoms with E-state index in [-0.39, 0.29) is 11.3 Å². The molecule has 0 radical (unpaired) electrons. The van der Waals surface area contributed by atoms with Gasteiger partial charge in [0, 0.05) is 11.1 Å². The quantitative estimate of drug-likeness (QED) is 0.769. The Morgan fingerprint density at radius 1 is 1.27 bits per heavy atom. The molecule has 0 aliphatic heterocycles. The number of rotatable bonds is 2. The second-order valence-corrected chi connectivity index (χ2v) is 3.72. The lowest BCUT2D eigenvalue weighted by molar-refractivity contribution is 0.351. The number of methoxy groups -OCH3 is 1. The van der Waals surface area contributed by atoms with Gasteiger partial charge in [0.2, 0.25) is 5.82 Å². The summed E-state index contributed by atoms with van der Waals surface area (Å²) in [5, 5.41) is 0. The van der Waals surface area contributed by atoms with E-state index in [1.165, 1.54) is 7.11 Å². The second kappa shape index (κ2) is 3.13. The van der Waals surface area contributed by atoms with Gasteiger partial charge in [0.05, 0.1) is 7.11 Å². The fourth-order valence-corrected chi connectivity index (χ4v) is 1.55. The van der Waals surface area contributed by atoms with Gasteiger partial charge in [0.25, 0.3) is 0 Å². The van der Waals surface area contributed by atoms with Gasteiger partial charge < -0.3 is 10.5 Å². The van der Waals surface area contributed by atoms with Crippen LogP contribution in [0.2, 0.25) is 0 Å². The van der Waals surface area contributed by atoms with Crippen molar-refractivity contribution < 1.29 is 17.9 Å². The zero-order valence-corrected chi connectivity index (χ0v) is 8.11. The van der Waals surface area contributed by atoms with Crippen LogP contribution < -0.4 is 10.5 Å². The highest BCUT2D eigenvalue weighted by Crippen LogP contribution is 2.47. The Kier molecular flexibility index (Phi) is 2.15. The molecule has 82 valence electrons. The molecule has 0 aromatic heterocycles. The zero-order valence-electron chi connectivity index (χ0n) is 8.11. The molecule has 0 heterocycles. The SMILES string of the molecule is COc1c(C2(N)CC2)cc(F)c(F)c1F. The number of benzene rings is 1. The van der Waals surface area contributed by atoms with E-state index in [1.807, 2.05) is 0 Å². The average molecular weight is 217 g/mol. The molecule has 15 heavy (non-hydrogen) atoms. The van der Waals surface area contributed by atoms with Crippen molar-refractivity contribution in [2.75, 3.05) is 7.11 Å². The van der Waals surface area contributed by atoms with Crippen LogP contribution >= 0.6 is 0 Å². The minimum Gasteiger partial charge on any atom is -0.493 e. The first-order valence-corrected chi connectivity index (χ1v) is 4.50. The Morgan fingerprint density at radius 3 is 2.33 bits per heavy atom. The standard InChI is InChI=1S/C10H10F3NO/c1-15-9-5(10(14)2-3-10)4-6(11)7(12)8(9)13/h4H,2-3,14H2,1H3. The van der Waals surface area contributed by atoms with E-state index < -0.39 is 23.0 Å². The lowest BCUT2D eigenvalue weighted by Crippen LogP contribution is -2.21. The summed E-state index contributed by atoms with van der Waals surface area (Å²) in [4.78, 5) is 0. The second-order valence-electron chi connectivity index (χ2n) is 3.72. The molecule has 0 atom stereocenters. The van der Waals surface area contributed by atoms with Crippen molar-refractivity contribution in [2.24, 2.45) is 5.73 Å². The van der Waals surface area contributed by atoms with Crippen LogP contribution in [-0.4, -0.2) is 7.11 Å². The molecule has 1 aliphatic carbocycles. The van der Waals surface area contributed by atoms with Gasteiger partial charge in [-0.15, -0.1) is 0 Å². The summed E-state index contributed by atoms with van der Waals surface area (Å²) in [6.45, 7) is 0. The summed E-state index contributed by atoms with van der Waals surface area (Å²) < 4.78 is 43.9. The van der Waals surface area contributed by atoms with Crippen molar-refractivity contribution in [3.05, 3.63) is 29.1 Å². The smallest absolute Gasteiger partial charge is 0.204 e. The van der Waals surface area contributed by atoms with Gasteiger partial charge in [-0.05, 0) is 18.9 Å². The monoisotopic (exact) mass is 217 g/mol. The molecule has 5 heteroatoms. The first-order valence-electron chi connectivity index (χ1n) is 4.50. The third-order valence-corrected chi connectivity index (χ3v) is 2.65. The minimum absolute atomic E-state index is 0.196. The molecule has 1 aliphatic rings. The molecule has 1 saturated carbocycles. The van der Waals surface area contributed by atoms with Crippen LogP contribution in [0.15, 0.2) is 6.07 Å². The van der Waals surface area contributed by atoms with Gasteiger partial charge in [0.1, 0.15) is 0 Å². The summed E-state index contributed by atoms with van der Waals surface area (Å²) in [6, 6.07) is 0.907. The predicted molar refractivity (Wildman–Crippen MR) is 48.0 cm³/mol. The summed E-state index contributed by atoms with van der Waals surface area (Å²) in [6.07, 6.45) is 1.24. The number of hydrogen-bond donors (Lipinski definition) is 1. The Hall–Kier alpha value is -1.23. The van der Waals surface area contributed by atoms with Crippen LogP contribution in [0.1, 0.15) is 18.4 Å². The molecule has 0 saturated heterocycles. The van der Waals surface area contributed by atoms with Gasteiger partial charge >= 0.3 is 0 Å². The number of hydrogen-bond acceptors (Lipinski definition) is 2. The number of ether oxygens (including phenoxy) is 1. The molecule has 0 spiro atoms. The largest absolute Gasteiger partial charge is 0.493 e. The fourth-order valence-electron chi connectivity index (χ4n) is 1.55. The maximum atomic E-state index is 13.3. The molecular formula is C10H10F3NO. The summed E-state index contributed by atoms with van der Waals surface area (Å²) in [7, 11) is 1.20. The lowest BCUT2D eigenvalue weighted by Gasteiger charge is -2.15. The molecule has 1 aromatic carbocycles. The Bertz CT molecular complexity index is 416. The molecule has 1 fully saturated rings. The minimum atomic E-state index is -1.53. The molecule has 2 N–H and O–H groups in total. The molecular weight excluding hydrogens is 207 g/mol. The van der Waals surface area contributed by atoms with Gasteiger partial charge in [0.15, 0.2) is 17.4 Å². The Labute approximate surface area is 84.8 Å². The van der Waals surface area contributed by atoms with Crippen molar-refractivity contribution >= 4 is 0 Å². The summed E-state index contributed by atoms with van der Waals surface area (Å²) in [5.74, 6) is -4.38. The Morgan fingerprint density at radius 2 is 1.87 bits per heavy atom. The topological polar surface area (TPSA) is 35.2 Å². The molecule has 1 aromatic rings. The summed E-state index contributed by atoms with van der Waals surface area (Å²) >= 11 is 0. The van der Waals surface area contributed by atoms with Crippen LogP contribution in [0.3, 0.4) is 0 Å². The molecule has 0 bridgehead atoms. The van der Waals surface area contributed by atoms with Gasteiger partial charge in [-0.25, -0.2) is 8.78 Å². The van der Waals surface area contributed by atoms with Crippen molar-refractivity contribution in [3.8, 4) is 5.75 Å². The molecule has 0 unspecified atom stereocenters. The van der Waals surface area contributed by atoms with Crippen LogP contribution in [0, 0.1) is 17.5 Å². The van der Waals surface area contributed by atoms with E-state index >= 15 is 0 Å². The van der Waals surface area contributed by atoms with E-state index in [9.17, 15) is 13.2 Å². The van der Waals surface area contributed by atoms with Crippen molar-refractivity contribution in [2.45, 2.75) is 18.4 Å². The number of halogens is 3. The zero-order chi connectivity index (χ0) is 11.2. The number of nitrogens with two attached hydrogens (primary N) is 1. The van der Waals surface area contributed by atoms with Crippen molar-refractivity contribution in [1.82, 2.24) is 0 Å². The van der Waals surface area contributed by atoms with Crippen LogP contribution in [-0.2, 0) is 5.54 Å². The van der Waals surface area contributed by atoms with E-state index in [1.54, 1.807) is 0 Å². The van der Waals surface area contributed by atoms with E-state index in [0.29, 0.717) is 12.8 Å². The Balaban J connectivity index is 2.63. The third kappa shape index (κ3) is 1.47. The first kappa shape index (κ1) is 10.3. The molecule has 2 rings (SSSR count). The van der Waals surface area contributed by atoms with Crippen molar-refractivity contribution in [3.63, 3.8) is 0 Å². The van der Waals surface area contributed by atoms with Gasteiger partial charge in [-0.1, -0.05) is 0 Å². The van der Waals surface area contributed by atoms with E-state index in [2.05, 4.69) is 0 Å². The maximum Gasteiger partial charge on any atom is 0.204 e. The van der Waals surface area contributed by atoms with Gasteiger partial charge in [-0.2, -0.15) is 4.39 Å². The summed E-state index contributed by atoms with van der Waals surface area (Å²) in [5.41, 5.74) is 5.23. The van der Waals surface area contributed by atoms with Crippen LogP contribution in [0.5, 0.6) is 5.75 Å². The normalized spacial score (nSPS) is 17.7. The van der Waals surface area contributed by atoms with E-state index in [4.69, 9.17) is 10.5 Å². The van der Waals surface area contributed by atoms with Gasteiger partial charge in [-0.3, -0.25) is 0 Å².